The van der Waals surface area contributed by atoms with Gasteiger partial charge in [-0.1, -0.05) is 13.8 Å². The molecule has 0 atom stereocenters. The summed E-state index contributed by atoms with van der Waals surface area (Å²) < 4.78 is 5.28. The van der Waals surface area contributed by atoms with Crippen LogP contribution in [0.1, 0.15) is 35.7 Å². The molecule has 0 fully saturated rings. The van der Waals surface area contributed by atoms with Gasteiger partial charge in [0.1, 0.15) is 11.5 Å². The van der Waals surface area contributed by atoms with Gasteiger partial charge in [0.15, 0.2) is 0 Å². The zero-order valence-electron chi connectivity index (χ0n) is 11.3. The standard InChI is InChI=1S/C13H20N2O3/c1-8(2)12(16)14-5-6-15-13(17)11-7-9(3)18-10(11)4/h7-8H,5-6H2,1-4H3,(H,14,16)(H,15,17). The van der Waals surface area contributed by atoms with Crippen molar-refractivity contribution in [2.24, 2.45) is 5.92 Å². The average molecular weight is 252 g/mol. The smallest absolute Gasteiger partial charge is 0.254 e. The quantitative estimate of drug-likeness (QED) is 0.778. The molecule has 1 aromatic heterocycles. The van der Waals surface area contributed by atoms with E-state index in [0.29, 0.717) is 30.2 Å². The highest BCUT2D eigenvalue weighted by Crippen LogP contribution is 2.12. The third-order valence-electron chi connectivity index (χ3n) is 2.52. The first kappa shape index (κ1) is 14.3. The molecule has 5 heteroatoms. The Morgan fingerprint density at radius 1 is 1.22 bits per heavy atom. The molecular weight excluding hydrogens is 232 g/mol. The van der Waals surface area contributed by atoms with E-state index in [2.05, 4.69) is 10.6 Å². The van der Waals surface area contributed by atoms with Crippen LogP contribution < -0.4 is 10.6 Å². The van der Waals surface area contributed by atoms with Crippen LogP contribution in [0.25, 0.3) is 0 Å². The Labute approximate surface area is 107 Å². The van der Waals surface area contributed by atoms with Crippen LogP contribution in [-0.4, -0.2) is 24.9 Å². The maximum Gasteiger partial charge on any atom is 0.254 e. The number of hydrogen-bond donors (Lipinski definition) is 2. The lowest BCUT2D eigenvalue weighted by Crippen LogP contribution is -2.36. The van der Waals surface area contributed by atoms with Crippen LogP contribution in [0.2, 0.25) is 0 Å². The summed E-state index contributed by atoms with van der Waals surface area (Å²) in [7, 11) is 0. The van der Waals surface area contributed by atoms with Crippen molar-refractivity contribution in [1.29, 1.82) is 0 Å². The number of aryl methyl sites for hydroxylation is 2. The highest BCUT2D eigenvalue weighted by Gasteiger charge is 2.12. The van der Waals surface area contributed by atoms with Gasteiger partial charge in [-0.3, -0.25) is 9.59 Å². The zero-order valence-corrected chi connectivity index (χ0v) is 11.3. The molecule has 0 bridgehead atoms. The summed E-state index contributed by atoms with van der Waals surface area (Å²) in [6, 6.07) is 1.71. The Hall–Kier alpha value is -1.78. The largest absolute Gasteiger partial charge is 0.466 e. The van der Waals surface area contributed by atoms with Crippen LogP contribution in [0, 0.1) is 19.8 Å². The molecule has 0 saturated heterocycles. The first-order chi connectivity index (χ1) is 8.41. The fourth-order valence-corrected chi connectivity index (χ4v) is 1.52. The van der Waals surface area contributed by atoms with Gasteiger partial charge in [-0.25, -0.2) is 0 Å². The predicted octanol–water partition coefficient (Wildman–Crippen LogP) is 1.40. The molecule has 2 amide bonds. The van der Waals surface area contributed by atoms with Crippen LogP contribution in [0.15, 0.2) is 10.5 Å². The van der Waals surface area contributed by atoms with Crippen molar-refractivity contribution in [3.8, 4) is 0 Å². The summed E-state index contributed by atoms with van der Waals surface area (Å²) in [6.07, 6.45) is 0. The topological polar surface area (TPSA) is 71.3 Å². The fraction of sp³-hybridized carbons (Fsp3) is 0.538. The highest BCUT2D eigenvalue weighted by molar-refractivity contribution is 5.95. The fourth-order valence-electron chi connectivity index (χ4n) is 1.52. The molecular formula is C13H20N2O3. The van der Waals surface area contributed by atoms with E-state index < -0.39 is 0 Å². The molecule has 0 aliphatic heterocycles. The molecule has 0 saturated carbocycles. The molecule has 0 aliphatic carbocycles. The summed E-state index contributed by atoms with van der Waals surface area (Å²) in [5.74, 6) is 1.09. The van der Waals surface area contributed by atoms with E-state index in [1.165, 1.54) is 0 Å². The Balaban J connectivity index is 2.34. The Morgan fingerprint density at radius 2 is 1.83 bits per heavy atom. The Bertz CT molecular complexity index is 435. The molecule has 0 unspecified atom stereocenters. The second-order valence-corrected chi connectivity index (χ2v) is 4.53. The number of furan rings is 1. The van der Waals surface area contributed by atoms with E-state index in [0.717, 1.165) is 0 Å². The van der Waals surface area contributed by atoms with E-state index in [1.807, 2.05) is 13.8 Å². The predicted molar refractivity (Wildman–Crippen MR) is 68.4 cm³/mol. The lowest BCUT2D eigenvalue weighted by molar-refractivity contribution is -0.123. The van der Waals surface area contributed by atoms with E-state index in [-0.39, 0.29) is 17.7 Å². The minimum atomic E-state index is -0.178. The second kappa shape index (κ2) is 6.23. The van der Waals surface area contributed by atoms with Crippen LogP contribution in [-0.2, 0) is 4.79 Å². The number of amides is 2. The molecule has 0 aliphatic rings. The molecule has 2 N–H and O–H groups in total. The van der Waals surface area contributed by atoms with Crippen molar-refractivity contribution in [2.45, 2.75) is 27.7 Å². The van der Waals surface area contributed by atoms with Gasteiger partial charge in [0, 0.05) is 19.0 Å². The lowest BCUT2D eigenvalue weighted by Gasteiger charge is -2.08. The number of carbonyl (C=O) groups is 2. The average Bonchev–Trinajstić information content (AvgIpc) is 2.63. The third-order valence-corrected chi connectivity index (χ3v) is 2.52. The van der Waals surface area contributed by atoms with Gasteiger partial charge in [-0.15, -0.1) is 0 Å². The first-order valence-corrected chi connectivity index (χ1v) is 6.04. The van der Waals surface area contributed by atoms with Crippen LogP contribution >= 0.6 is 0 Å². The van der Waals surface area contributed by atoms with Gasteiger partial charge in [-0.05, 0) is 19.9 Å². The van der Waals surface area contributed by atoms with Crippen molar-refractivity contribution in [1.82, 2.24) is 10.6 Å². The van der Waals surface area contributed by atoms with Crippen LogP contribution in [0.5, 0.6) is 0 Å². The summed E-state index contributed by atoms with van der Waals surface area (Å²) in [5, 5.41) is 5.47. The normalized spacial score (nSPS) is 10.5. The van der Waals surface area contributed by atoms with E-state index in [1.54, 1.807) is 19.9 Å². The molecule has 100 valence electrons. The molecule has 1 rings (SSSR count). The van der Waals surface area contributed by atoms with Crippen molar-refractivity contribution in [3.63, 3.8) is 0 Å². The van der Waals surface area contributed by atoms with Crippen LogP contribution in [0.4, 0.5) is 0 Å². The first-order valence-electron chi connectivity index (χ1n) is 6.04. The SMILES string of the molecule is Cc1cc(C(=O)NCCNC(=O)C(C)C)c(C)o1. The Morgan fingerprint density at radius 3 is 2.33 bits per heavy atom. The molecule has 1 heterocycles. The molecule has 0 radical (unpaired) electrons. The van der Waals surface area contributed by atoms with Crippen molar-refractivity contribution in [2.75, 3.05) is 13.1 Å². The van der Waals surface area contributed by atoms with Gasteiger partial charge in [0.05, 0.1) is 5.56 Å². The van der Waals surface area contributed by atoms with Gasteiger partial charge < -0.3 is 15.1 Å². The van der Waals surface area contributed by atoms with Crippen molar-refractivity contribution >= 4 is 11.8 Å². The summed E-state index contributed by atoms with van der Waals surface area (Å²) in [5.41, 5.74) is 0.544. The van der Waals surface area contributed by atoms with E-state index in [4.69, 9.17) is 4.42 Å². The van der Waals surface area contributed by atoms with Crippen molar-refractivity contribution < 1.29 is 14.0 Å². The Kier molecular flexibility index (Phi) is 4.95. The summed E-state index contributed by atoms with van der Waals surface area (Å²) >= 11 is 0. The lowest BCUT2D eigenvalue weighted by atomic mass is 10.2. The molecule has 5 nitrogen and oxygen atoms in total. The molecule has 0 spiro atoms. The van der Waals surface area contributed by atoms with E-state index >= 15 is 0 Å². The van der Waals surface area contributed by atoms with Gasteiger partial charge >= 0.3 is 0 Å². The highest BCUT2D eigenvalue weighted by atomic mass is 16.3. The molecule has 0 aromatic carbocycles. The second-order valence-electron chi connectivity index (χ2n) is 4.53. The van der Waals surface area contributed by atoms with Crippen LogP contribution in [0.3, 0.4) is 0 Å². The minimum absolute atomic E-state index is 0.0143. The zero-order chi connectivity index (χ0) is 13.7. The van der Waals surface area contributed by atoms with Crippen molar-refractivity contribution in [3.05, 3.63) is 23.2 Å². The van der Waals surface area contributed by atoms with E-state index in [9.17, 15) is 9.59 Å². The van der Waals surface area contributed by atoms with Gasteiger partial charge in [0.2, 0.25) is 5.91 Å². The minimum Gasteiger partial charge on any atom is -0.466 e. The maximum absolute atomic E-state index is 11.8. The van der Waals surface area contributed by atoms with Gasteiger partial charge in [0.25, 0.3) is 5.91 Å². The third kappa shape index (κ3) is 3.91. The van der Waals surface area contributed by atoms with Gasteiger partial charge in [-0.2, -0.15) is 0 Å². The summed E-state index contributed by atoms with van der Waals surface area (Å²) in [4.78, 5) is 23.0. The number of carbonyl (C=O) groups excluding carboxylic acids is 2. The summed E-state index contributed by atoms with van der Waals surface area (Å²) in [6.45, 7) is 8.03. The molecule has 1 aromatic rings. The maximum atomic E-state index is 11.8. The number of nitrogens with one attached hydrogen (secondary N) is 2. The molecule has 18 heavy (non-hydrogen) atoms. The number of hydrogen-bond acceptors (Lipinski definition) is 3. The number of rotatable bonds is 5. The monoisotopic (exact) mass is 252 g/mol.